The Balaban J connectivity index is 1.97. The van der Waals surface area contributed by atoms with Crippen LogP contribution in [0, 0.1) is 17.2 Å². The predicted octanol–water partition coefficient (Wildman–Crippen LogP) is 3.13. The average molecular weight is 326 g/mol. The molecule has 1 aliphatic rings. The van der Waals surface area contributed by atoms with E-state index in [1.54, 1.807) is 24.3 Å². The van der Waals surface area contributed by atoms with Gasteiger partial charge in [-0.25, -0.2) is 0 Å². The molecule has 0 aromatic heterocycles. The van der Waals surface area contributed by atoms with E-state index >= 15 is 0 Å². The van der Waals surface area contributed by atoms with Crippen LogP contribution in [0.1, 0.15) is 25.3 Å². The van der Waals surface area contributed by atoms with E-state index in [9.17, 15) is 18.0 Å². The van der Waals surface area contributed by atoms with E-state index in [2.05, 4.69) is 0 Å². The minimum Gasteiger partial charge on any atom is -0.481 e. The quantitative estimate of drug-likeness (QED) is 0.857. The Hall–Kier alpha value is -2.23. The molecule has 1 fully saturated rings. The molecule has 124 valence electrons. The molecule has 1 aromatic rings. The van der Waals surface area contributed by atoms with E-state index in [0.717, 1.165) is 0 Å². The van der Waals surface area contributed by atoms with Crippen LogP contribution in [-0.2, 0) is 4.79 Å². The molecule has 1 aromatic carbocycles. The van der Waals surface area contributed by atoms with Crippen molar-refractivity contribution in [1.29, 1.82) is 5.26 Å². The van der Waals surface area contributed by atoms with Crippen molar-refractivity contribution in [3.05, 3.63) is 29.8 Å². The summed E-state index contributed by atoms with van der Waals surface area (Å²) >= 11 is 0. The molecule has 7 heteroatoms. The van der Waals surface area contributed by atoms with Crippen molar-refractivity contribution in [2.24, 2.45) is 5.92 Å². The number of benzene rings is 1. The first-order valence-electron chi connectivity index (χ1n) is 7.33. The summed E-state index contributed by atoms with van der Waals surface area (Å²) < 4.78 is 43.9. The van der Waals surface area contributed by atoms with Crippen molar-refractivity contribution in [1.82, 2.24) is 4.90 Å². The summed E-state index contributed by atoms with van der Waals surface area (Å²) in [6, 6.07) is 8.17. The second-order valence-corrected chi connectivity index (χ2v) is 5.56. The molecule has 1 saturated heterocycles. The van der Waals surface area contributed by atoms with Crippen LogP contribution in [0.5, 0.6) is 5.75 Å². The third kappa shape index (κ3) is 4.38. The fraction of sp³-hybridized carbons (Fsp3) is 0.500. The van der Waals surface area contributed by atoms with Crippen molar-refractivity contribution in [2.45, 2.75) is 32.0 Å². The highest BCUT2D eigenvalue weighted by Crippen LogP contribution is 2.33. The zero-order valence-corrected chi connectivity index (χ0v) is 12.6. The Labute approximate surface area is 132 Å². The normalized spacial score (nSPS) is 19.8. The monoisotopic (exact) mass is 326 g/mol. The predicted molar refractivity (Wildman–Crippen MR) is 76.6 cm³/mol. The number of hydrogen-bond acceptors (Lipinski definition) is 3. The van der Waals surface area contributed by atoms with Gasteiger partial charge in [-0.15, -0.1) is 0 Å². The molecule has 0 bridgehead atoms. The molecule has 1 amide bonds. The largest absolute Gasteiger partial charge is 0.481 e. The van der Waals surface area contributed by atoms with E-state index in [1.807, 2.05) is 6.07 Å². The minimum absolute atomic E-state index is 0.0537. The van der Waals surface area contributed by atoms with E-state index in [1.165, 1.54) is 11.8 Å². The number of hydrogen-bond donors (Lipinski definition) is 0. The summed E-state index contributed by atoms with van der Waals surface area (Å²) in [6.07, 6.45) is -4.77. The van der Waals surface area contributed by atoms with Gasteiger partial charge in [0.2, 0.25) is 0 Å². The first kappa shape index (κ1) is 17.1. The first-order valence-corrected chi connectivity index (χ1v) is 7.33. The highest BCUT2D eigenvalue weighted by atomic mass is 19.4. The Morgan fingerprint density at radius 3 is 2.61 bits per heavy atom. The number of amides is 1. The number of carbonyl (C=O) groups excluding carboxylic acids is 1. The molecule has 2 atom stereocenters. The van der Waals surface area contributed by atoms with Gasteiger partial charge in [-0.2, -0.15) is 18.4 Å². The van der Waals surface area contributed by atoms with Crippen LogP contribution in [-0.4, -0.2) is 36.2 Å². The second-order valence-electron chi connectivity index (χ2n) is 5.56. The third-order valence-electron chi connectivity index (χ3n) is 3.84. The SMILES string of the molecule is C[C@@H](Oc1ccc(C#N)cc1)C(=O)N1CCC[C@H](C(F)(F)F)C1. The lowest BCUT2D eigenvalue weighted by atomic mass is 9.97. The summed E-state index contributed by atoms with van der Waals surface area (Å²) in [5, 5.41) is 8.72. The Morgan fingerprint density at radius 1 is 1.39 bits per heavy atom. The van der Waals surface area contributed by atoms with Gasteiger partial charge in [0, 0.05) is 13.1 Å². The first-order chi connectivity index (χ1) is 10.8. The van der Waals surface area contributed by atoms with Crippen molar-refractivity contribution in [3.63, 3.8) is 0 Å². The van der Waals surface area contributed by atoms with Gasteiger partial charge in [0.25, 0.3) is 5.91 Å². The van der Waals surface area contributed by atoms with Gasteiger partial charge in [0.05, 0.1) is 17.6 Å². The number of carbonyl (C=O) groups is 1. The number of nitrogens with zero attached hydrogens (tertiary/aromatic N) is 2. The molecule has 4 nitrogen and oxygen atoms in total. The summed E-state index contributed by atoms with van der Waals surface area (Å²) in [5.41, 5.74) is 0.459. The van der Waals surface area contributed by atoms with Gasteiger partial charge in [-0.3, -0.25) is 4.79 Å². The Morgan fingerprint density at radius 2 is 2.04 bits per heavy atom. The fourth-order valence-electron chi connectivity index (χ4n) is 2.56. The maximum atomic E-state index is 12.8. The van der Waals surface area contributed by atoms with Gasteiger partial charge < -0.3 is 9.64 Å². The van der Waals surface area contributed by atoms with Gasteiger partial charge in [0.1, 0.15) is 5.75 Å². The smallest absolute Gasteiger partial charge is 0.393 e. The Kier molecular flexibility index (Phi) is 5.14. The van der Waals surface area contributed by atoms with Crippen LogP contribution in [0.15, 0.2) is 24.3 Å². The molecule has 23 heavy (non-hydrogen) atoms. The minimum atomic E-state index is -4.28. The molecule has 1 aliphatic heterocycles. The number of nitriles is 1. The zero-order valence-electron chi connectivity index (χ0n) is 12.6. The lowest BCUT2D eigenvalue weighted by Crippen LogP contribution is -2.48. The molecule has 0 N–H and O–H groups in total. The molecule has 1 heterocycles. The van der Waals surface area contributed by atoms with Crippen LogP contribution >= 0.6 is 0 Å². The van der Waals surface area contributed by atoms with Gasteiger partial charge >= 0.3 is 6.18 Å². The van der Waals surface area contributed by atoms with Crippen LogP contribution < -0.4 is 4.74 Å². The maximum absolute atomic E-state index is 12.8. The molecular formula is C16H17F3N2O2. The molecule has 0 spiro atoms. The van der Waals surface area contributed by atoms with Crippen molar-refractivity contribution < 1.29 is 22.7 Å². The average Bonchev–Trinajstić information content (AvgIpc) is 2.54. The molecule has 0 saturated carbocycles. The lowest BCUT2D eigenvalue weighted by molar-refractivity contribution is -0.189. The number of ether oxygens (including phenoxy) is 1. The number of piperidine rings is 1. The van der Waals surface area contributed by atoms with Crippen LogP contribution in [0.2, 0.25) is 0 Å². The Bertz CT molecular complexity index is 593. The lowest BCUT2D eigenvalue weighted by Gasteiger charge is -2.35. The molecule has 0 aliphatic carbocycles. The van der Waals surface area contributed by atoms with Crippen LogP contribution in [0.25, 0.3) is 0 Å². The zero-order chi connectivity index (χ0) is 17.0. The van der Waals surface area contributed by atoms with Crippen molar-refractivity contribution in [2.75, 3.05) is 13.1 Å². The van der Waals surface area contributed by atoms with E-state index in [-0.39, 0.29) is 13.0 Å². The highest BCUT2D eigenvalue weighted by molar-refractivity contribution is 5.81. The molecule has 2 rings (SSSR count). The second kappa shape index (κ2) is 6.90. The van der Waals surface area contributed by atoms with Crippen molar-refractivity contribution >= 4 is 5.91 Å². The summed E-state index contributed by atoms with van der Waals surface area (Å²) in [5.74, 6) is -1.53. The van der Waals surface area contributed by atoms with E-state index in [0.29, 0.717) is 24.3 Å². The number of halogens is 3. The number of rotatable bonds is 3. The van der Waals surface area contributed by atoms with Crippen molar-refractivity contribution in [3.8, 4) is 11.8 Å². The van der Waals surface area contributed by atoms with E-state index in [4.69, 9.17) is 10.00 Å². The van der Waals surface area contributed by atoms with Crippen LogP contribution in [0.4, 0.5) is 13.2 Å². The third-order valence-corrected chi connectivity index (χ3v) is 3.84. The summed E-state index contributed by atoms with van der Waals surface area (Å²) in [7, 11) is 0. The number of likely N-dealkylation sites (tertiary alicyclic amines) is 1. The highest BCUT2D eigenvalue weighted by Gasteiger charge is 2.43. The maximum Gasteiger partial charge on any atom is 0.393 e. The fourth-order valence-corrected chi connectivity index (χ4v) is 2.56. The standard InChI is InChI=1S/C16H17F3N2O2/c1-11(23-14-6-4-12(9-20)5-7-14)15(22)21-8-2-3-13(10-21)16(17,18)19/h4-7,11,13H,2-3,8,10H2,1H3/t11-,13+/m1/s1. The molecular weight excluding hydrogens is 309 g/mol. The summed E-state index contributed by atoms with van der Waals surface area (Å²) in [6.45, 7) is 1.51. The molecule has 0 radical (unpaired) electrons. The van der Waals surface area contributed by atoms with Crippen LogP contribution in [0.3, 0.4) is 0 Å². The van der Waals surface area contributed by atoms with Gasteiger partial charge in [-0.05, 0) is 44.0 Å². The topological polar surface area (TPSA) is 53.3 Å². The van der Waals surface area contributed by atoms with E-state index < -0.39 is 24.1 Å². The molecule has 0 unspecified atom stereocenters. The number of alkyl halides is 3. The van der Waals surface area contributed by atoms with Gasteiger partial charge in [0.15, 0.2) is 6.10 Å². The van der Waals surface area contributed by atoms with Gasteiger partial charge in [-0.1, -0.05) is 0 Å². The summed E-state index contributed by atoms with van der Waals surface area (Å²) in [4.78, 5) is 13.5.